The highest BCUT2D eigenvalue weighted by atomic mass is 16.2. The maximum Gasteiger partial charge on any atom is 0.259 e. The maximum absolute atomic E-state index is 12.7. The second-order valence-corrected chi connectivity index (χ2v) is 6.16. The number of aromatic nitrogens is 1. The number of hydrogen-bond acceptors (Lipinski definition) is 3. The van der Waals surface area contributed by atoms with Crippen molar-refractivity contribution in [1.82, 2.24) is 4.98 Å². The summed E-state index contributed by atoms with van der Waals surface area (Å²) in [5.74, 6) is -0.0947. The third-order valence-electron chi connectivity index (χ3n) is 3.94. The molecule has 25 heavy (non-hydrogen) atoms. The normalized spacial score (nSPS) is 10.4. The number of pyridine rings is 1. The molecular formula is C21H21N3O. The number of nitrogens with one attached hydrogen (secondary N) is 1. The Morgan fingerprint density at radius 1 is 0.920 bits per heavy atom. The van der Waals surface area contributed by atoms with Gasteiger partial charge >= 0.3 is 0 Å². The molecule has 0 fully saturated rings. The fourth-order valence-electron chi connectivity index (χ4n) is 2.80. The van der Waals surface area contributed by atoms with Gasteiger partial charge in [0.15, 0.2) is 0 Å². The van der Waals surface area contributed by atoms with Gasteiger partial charge in [-0.25, -0.2) is 0 Å². The molecule has 0 aliphatic heterocycles. The van der Waals surface area contributed by atoms with E-state index in [2.05, 4.69) is 42.3 Å². The van der Waals surface area contributed by atoms with Crippen LogP contribution >= 0.6 is 0 Å². The summed E-state index contributed by atoms with van der Waals surface area (Å²) < 4.78 is 0. The van der Waals surface area contributed by atoms with Gasteiger partial charge in [0.05, 0.1) is 17.4 Å². The van der Waals surface area contributed by atoms with Gasteiger partial charge in [-0.15, -0.1) is 0 Å². The molecule has 126 valence electrons. The van der Waals surface area contributed by atoms with Gasteiger partial charge in [-0.3, -0.25) is 9.78 Å². The average molecular weight is 331 g/mol. The van der Waals surface area contributed by atoms with Crippen LogP contribution in [0.4, 0.5) is 17.1 Å². The van der Waals surface area contributed by atoms with E-state index in [1.54, 1.807) is 24.3 Å². The first kappa shape index (κ1) is 16.7. The summed E-state index contributed by atoms with van der Waals surface area (Å²) in [7, 11) is 1.77. The minimum Gasteiger partial charge on any atom is -0.354 e. The Labute approximate surface area is 148 Å². The molecule has 0 unspecified atom stereocenters. The number of carbonyl (C=O) groups excluding carboxylic acids is 1. The molecule has 4 heteroatoms. The van der Waals surface area contributed by atoms with Crippen molar-refractivity contribution < 1.29 is 4.79 Å². The molecule has 3 rings (SSSR count). The van der Waals surface area contributed by atoms with Gasteiger partial charge in [0.1, 0.15) is 0 Å². The molecule has 0 spiro atoms. The molecule has 3 aromatic rings. The van der Waals surface area contributed by atoms with E-state index in [1.807, 2.05) is 36.4 Å². The third kappa shape index (κ3) is 4.04. The van der Waals surface area contributed by atoms with E-state index in [1.165, 1.54) is 11.1 Å². The van der Waals surface area contributed by atoms with E-state index in [0.29, 0.717) is 5.56 Å². The first-order valence-corrected chi connectivity index (χ1v) is 8.16. The summed E-state index contributed by atoms with van der Waals surface area (Å²) in [6.07, 6.45) is 3.31. The molecule has 0 saturated heterocycles. The van der Waals surface area contributed by atoms with Crippen LogP contribution in [0.2, 0.25) is 0 Å². The lowest BCUT2D eigenvalue weighted by Crippen LogP contribution is -2.26. The van der Waals surface area contributed by atoms with Crippen molar-refractivity contribution >= 4 is 23.0 Å². The van der Waals surface area contributed by atoms with E-state index in [-0.39, 0.29) is 5.91 Å². The SMILES string of the molecule is Cc1cc(C)cc(Nc2cncc(C(=O)N(C)c3ccccc3)c2)c1. The number of nitrogens with zero attached hydrogens (tertiary/aromatic N) is 2. The molecule has 0 aliphatic rings. The van der Waals surface area contributed by atoms with Crippen LogP contribution < -0.4 is 10.2 Å². The molecular weight excluding hydrogens is 310 g/mol. The molecule has 0 bridgehead atoms. The minimum absolute atomic E-state index is 0.0947. The van der Waals surface area contributed by atoms with E-state index < -0.39 is 0 Å². The molecule has 4 nitrogen and oxygen atoms in total. The second-order valence-electron chi connectivity index (χ2n) is 6.16. The standard InChI is InChI=1S/C21H21N3O/c1-15-9-16(2)11-18(10-15)23-19-12-17(13-22-14-19)21(25)24(3)20-7-5-4-6-8-20/h4-14,23H,1-3H3. The molecule has 1 heterocycles. The van der Waals surface area contributed by atoms with Crippen molar-refractivity contribution in [2.24, 2.45) is 0 Å². The van der Waals surface area contributed by atoms with E-state index in [0.717, 1.165) is 17.1 Å². The quantitative estimate of drug-likeness (QED) is 0.752. The lowest BCUT2D eigenvalue weighted by Gasteiger charge is -2.17. The summed E-state index contributed by atoms with van der Waals surface area (Å²) in [4.78, 5) is 18.6. The molecule has 2 aromatic carbocycles. The van der Waals surface area contributed by atoms with Crippen LogP contribution in [-0.2, 0) is 0 Å². The summed E-state index contributed by atoms with van der Waals surface area (Å²) >= 11 is 0. The van der Waals surface area contributed by atoms with E-state index >= 15 is 0 Å². The van der Waals surface area contributed by atoms with Crippen molar-refractivity contribution in [2.75, 3.05) is 17.3 Å². The molecule has 0 saturated carbocycles. The number of amides is 1. The predicted octanol–water partition coefficient (Wildman–Crippen LogP) is 4.72. The lowest BCUT2D eigenvalue weighted by molar-refractivity contribution is 0.0992. The minimum atomic E-state index is -0.0947. The lowest BCUT2D eigenvalue weighted by atomic mass is 10.1. The average Bonchev–Trinajstić information content (AvgIpc) is 2.60. The highest BCUT2D eigenvalue weighted by Crippen LogP contribution is 2.21. The zero-order valence-corrected chi connectivity index (χ0v) is 14.7. The van der Waals surface area contributed by atoms with Crippen LogP contribution in [-0.4, -0.2) is 17.9 Å². The van der Waals surface area contributed by atoms with Crippen LogP contribution in [0.15, 0.2) is 67.0 Å². The summed E-state index contributed by atoms with van der Waals surface area (Å²) in [6.45, 7) is 4.12. The zero-order chi connectivity index (χ0) is 17.8. The maximum atomic E-state index is 12.7. The van der Waals surface area contributed by atoms with Crippen molar-refractivity contribution in [2.45, 2.75) is 13.8 Å². The van der Waals surface area contributed by atoms with Crippen molar-refractivity contribution in [3.8, 4) is 0 Å². The molecule has 1 N–H and O–H groups in total. The van der Waals surface area contributed by atoms with Crippen LogP contribution in [0.3, 0.4) is 0 Å². The van der Waals surface area contributed by atoms with E-state index in [4.69, 9.17) is 0 Å². The Kier molecular flexibility index (Phi) is 4.80. The predicted molar refractivity (Wildman–Crippen MR) is 103 cm³/mol. The summed E-state index contributed by atoms with van der Waals surface area (Å²) in [5, 5.41) is 3.33. The largest absolute Gasteiger partial charge is 0.354 e. The van der Waals surface area contributed by atoms with Gasteiger partial charge in [-0.1, -0.05) is 24.3 Å². The number of carbonyl (C=O) groups is 1. The number of para-hydroxylation sites is 1. The number of benzene rings is 2. The Bertz CT molecular complexity index is 870. The van der Waals surface area contributed by atoms with Gasteiger partial charge in [-0.2, -0.15) is 0 Å². The Hall–Kier alpha value is -3.14. The third-order valence-corrected chi connectivity index (χ3v) is 3.94. The van der Waals surface area contributed by atoms with Crippen LogP contribution in [0, 0.1) is 13.8 Å². The highest BCUT2D eigenvalue weighted by Gasteiger charge is 2.14. The summed E-state index contributed by atoms with van der Waals surface area (Å²) in [6, 6.07) is 17.6. The molecule has 1 amide bonds. The fourth-order valence-corrected chi connectivity index (χ4v) is 2.80. The Morgan fingerprint density at radius 3 is 2.28 bits per heavy atom. The summed E-state index contributed by atoms with van der Waals surface area (Å²) in [5.41, 5.74) is 5.54. The van der Waals surface area contributed by atoms with Gasteiger partial charge < -0.3 is 10.2 Å². The first-order chi connectivity index (χ1) is 12.0. The van der Waals surface area contributed by atoms with Crippen LogP contribution in [0.25, 0.3) is 0 Å². The van der Waals surface area contributed by atoms with Gasteiger partial charge in [0.2, 0.25) is 0 Å². The molecule has 0 aliphatic carbocycles. The smallest absolute Gasteiger partial charge is 0.259 e. The monoisotopic (exact) mass is 331 g/mol. The Morgan fingerprint density at radius 2 is 1.60 bits per heavy atom. The zero-order valence-electron chi connectivity index (χ0n) is 14.7. The number of anilines is 3. The van der Waals surface area contributed by atoms with Gasteiger partial charge in [-0.05, 0) is 55.3 Å². The van der Waals surface area contributed by atoms with Crippen molar-refractivity contribution in [3.63, 3.8) is 0 Å². The molecule has 1 aromatic heterocycles. The van der Waals surface area contributed by atoms with Gasteiger partial charge in [0.25, 0.3) is 5.91 Å². The fraction of sp³-hybridized carbons (Fsp3) is 0.143. The molecule has 0 radical (unpaired) electrons. The van der Waals surface area contributed by atoms with Crippen molar-refractivity contribution in [3.05, 3.63) is 83.7 Å². The van der Waals surface area contributed by atoms with Crippen LogP contribution in [0.5, 0.6) is 0 Å². The second kappa shape index (κ2) is 7.18. The molecule has 0 atom stereocenters. The Balaban J connectivity index is 1.82. The van der Waals surface area contributed by atoms with E-state index in [9.17, 15) is 4.79 Å². The van der Waals surface area contributed by atoms with Gasteiger partial charge in [0, 0.05) is 24.6 Å². The highest BCUT2D eigenvalue weighted by molar-refractivity contribution is 6.06. The number of aryl methyl sites for hydroxylation is 2. The first-order valence-electron chi connectivity index (χ1n) is 8.16. The van der Waals surface area contributed by atoms with Crippen LogP contribution in [0.1, 0.15) is 21.5 Å². The number of hydrogen-bond donors (Lipinski definition) is 1. The topological polar surface area (TPSA) is 45.2 Å². The number of rotatable bonds is 4. The van der Waals surface area contributed by atoms with Crippen molar-refractivity contribution in [1.29, 1.82) is 0 Å².